The van der Waals surface area contributed by atoms with E-state index < -0.39 is 17.6 Å². The van der Waals surface area contributed by atoms with Crippen LogP contribution in [0.4, 0.5) is 19.0 Å². The van der Waals surface area contributed by atoms with Gasteiger partial charge in [0.2, 0.25) is 5.91 Å². The number of halogens is 3. The van der Waals surface area contributed by atoms with Crippen LogP contribution in [0.3, 0.4) is 0 Å². The minimum atomic E-state index is -4.42. The molecule has 11 heteroatoms. The van der Waals surface area contributed by atoms with Crippen molar-refractivity contribution in [2.45, 2.75) is 37.9 Å². The molecule has 34 heavy (non-hydrogen) atoms. The maximum Gasteiger partial charge on any atom is 0.416 e. The highest BCUT2D eigenvalue weighted by Gasteiger charge is 2.48. The van der Waals surface area contributed by atoms with Crippen LogP contribution in [0.15, 0.2) is 47.7 Å². The maximum atomic E-state index is 12.8. The van der Waals surface area contributed by atoms with Crippen molar-refractivity contribution in [1.82, 2.24) is 20.0 Å². The molecule has 3 heterocycles. The number of nitrogens with one attached hydrogen (secondary N) is 1. The number of imide groups is 1. The smallest absolute Gasteiger partial charge is 0.357 e. The standard InChI is InChI=1S/C23H20F3N5O3/c24-23(25,26)14-5-3-13(4-6-14)17-9-10-18(29-28-17)27-19(32)12-30-11-1-2-16-20(30)22(34)31(21(16)33)15-7-8-15/h3-6,9-10,15H,1-2,7-8,11-12H2,(H,27,29,32). The molecular weight excluding hydrogens is 451 g/mol. The first-order chi connectivity index (χ1) is 16.2. The average Bonchev–Trinajstić information content (AvgIpc) is 3.60. The average molecular weight is 471 g/mol. The summed E-state index contributed by atoms with van der Waals surface area (Å²) in [6, 6.07) is 7.55. The molecular formula is C23H20F3N5O3. The van der Waals surface area contributed by atoms with E-state index in [1.165, 1.54) is 23.1 Å². The van der Waals surface area contributed by atoms with E-state index in [1.807, 2.05) is 0 Å². The summed E-state index contributed by atoms with van der Waals surface area (Å²) in [4.78, 5) is 41.0. The SMILES string of the molecule is O=C(CN1CCCC2=C1C(=O)N(C1CC1)C2=O)Nc1ccc(-c2ccc(C(F)(F)F)cc2)nn1. The minimum Gasteiger partial charge on any atom is -0.357 e. The molecule has 1 aliphatic carbocycles. The molecule has 1 aromatic heterocycles. The number of aromatic nitrogens is 2. The van der Waals surface area contributed by atoms with Gasteiger partial charge in [-0.25, -0.2) is 0 Å². The lowest BCUT2D eigenvalue weighted by Gasteiger charge is -2.28. The van der Waals surface area contributed by atoms with Gasteiger partial charge in [-0.3, -0.25) is 19.3 Å². The van der Waals surface area contributed by atoms with Crippen molar-refractivity contribution in [2.24, 2.45) is 0 Å². The van der Waals surface area contributed by atoms with Gasteiger partial charge in [-0.1, -0.05) is 12.1 Å². The summed E-state index contributed by atoms with van der Waals surface area (Å²) in [7, 11) is 0. The maximum absolute atomic E-state index is 12.8. The van der Waals surface area contributed by atoms with Crippen molar-refractivity contribution in [3.05, 3.63) is 53.2 Å². The third-order valence-electron chi connectivity index (χ3n) is 6.04. The Morgan fingerprint density at radius 3 is 2.38 bits per heavy atom. The van der Waals surface area contributed by atoms with Gasteiger partial charge in [-0.15, -0.1) is 10.2 Å². The first-order valence-electron chi connectivity index (χ1n) is 10.9. The molecule has 1 fully saturated rings. The van der Waals surface area contributed by atoms with Gasteiger partial charge in [0, 0.05) is 23.7 Å². The fourth-order valence-corrected chi connectivity index (χ4v) is 4.25. The lowest BCUT2D eigenvalue weighted by atomic mass is 10.0. The van der Waals surface area contributed by atoms with Gasteiger partial charge >= 0.3 is 6.18 Å². The van der Waals surface area contributed by atoms with Gasteiger partial charge in [0.05, 0.1) is 17.8 Å². The second kappa shape index (κ2) is 8.23. The third kappa shape index (κ3) is 4.13. The molecule has 0 bridgehead atoms. The minimum absolute atomic E-state index is 0.0280. The molecule has 2 aliphatic heterocycles. The zero-order valence-corrected chi connectivity index (χ0v) is 17.9. The lowest BCUT2D eigenvalue weighted by molar-refractivity contribution is -0.139. The molecule has 0 atom stereocenters. The van der Waals surface area contributed by atoms with Gasteiger partial charge in [0.15, 0.2) is 5.82 Å². The molecule has 0 radical (unpaired) electrons. The van der Waals surface area contributed by atoms with E-state index in [-0.39, 0.29) is 30.2 Å². The summed E-state index contributed by atoms with van der Waals surface area (Å²) in [5.74, 6) is -0.816. The van der Waals surface area contributed by atoms with Crippen LogP contribution in [-0.4, -0.2) is 56.9 Å². The largest absolute Gasteiger partial charge is 0.416 e. The summed E-state index contributed by atoms with van der Waals surface area (Å²) in [5.41, 5.74) is 0.856. The Morgan fingerprint density at radius 1 is 1.03 bits per heavy atom. The number of alkyl halides is 3. The van der Waals surface area contributed by atoms with Crippen molar-refractivity contribution in [3.63, 3.8) is 0 Å². The molecule has 1 N–H and O–H groups in total. The Kier molecular flexibility index (Phi) is 5.34. The molecule has 5 rings (SSSR count). The Hall–Kier alpha value is -3.76. The van der Waals surface area contributed by atoms with Crippen LogP contribution >= 0.6 is 0 Å². The quantitative estimate of drug-likeness (QED) is 0.674. The topological polar surface area (TPSA) is 95.5 Å². The highest BCUT2D eigenvalue weighted by atomic mass is 19.4. The number of hydrogen-bond acceptors (Lipinski definition) is 6. The van der Waals surface area contributed by atoms with Crippen molar-refractivity contribution >= 4 is 23.5 Å². The van der Waals surface area contributed by atoms with Crippen LogP contribution in [0.5, 0.6) is 0 Å². The number of anilines is 1. The summed E-state index contributed by atoms with van der Waals surface area (Å²) < 4.78 is 38.2. The highest BCUT2D eigenvalue weighted by molar-refractivity contribution is 6.19. The van der Waals surface area contributed by atoms with Crippen LogP contribution in [0.2, 0.25) is 0 Å². The van der Waals surface area contributed by atoms with Crippen molar-refractivity contribution in [3.8, 4) is 11.3 Å². The molecule has 176 valence electrons. The molecule has 0 unspecified atom stereocenters. The second-order valence-electron chi connectivity index (χ2n) is 8.49. The van der Waals surface area contributed by atoms with E-state index in [2.05, 4.69) is 15.5 Å². The van der Waals surface area contributed by atoms with E-state index in [4.69, 9.17) is 0 Å². The number of benzene rings is 1. The zero-order valence-electron chi connectivity index (χ0n) is 17.9. The first kappa shape index (κ1) is 22.1. The van der Waals surface area contributed by atoms with Gasteiger partial charge in [0.25, 0.3) is 11.8 Å². The van der Waals surface area contributed by atoms with E-state index in [0.29, 0.717) is 41.9 Å². The zero-order chi connectivity index (χ0) is 24.0. The number of amides is 3. The predicted octanol–water partition coefficient (Wildman–Crippen LogP) is 2.98. The van der Waals surface area contributed by atoms with Crippen LogP contribution in [0.25, 0.3) is 11.3 Å². The number of rotatable bonds is 5. The summed E-state index contributed by atoms with van der Waals surface area (Å²) in [6.45, 7) is 0.376. The van der Waals surface area contributed by atoms with Gasteiger partial charge in [-0.2, -0.15) is 13.2 Å². The molecule has 1 saturated carbocycles. The Balaban J connectivity index is 1.24. The van der Waals surface area contributed by atoms with E-state index in [0.717, 1.165) is 25.0 Å². The Labute approximate surface area is 192 Å². The Bertz CT molecular complexity index is 1190. The van der Waals surface area contributed by atoms with Gasteiger partial charge in [-0.05, 0) is 49.9 Å². The van der Waals surface area contributed by atoms with Crippen molar-refractivity contribution in [1.29, 1.82) is 0 Å². The van der Waals surface area contributed by atoms with Crippen LogP contribution in [-0.2, 0) is 20.6 Å². The number of carbonyl (C=O) groups excluding carboxylic acids is 3. The molecule has 1 aromatic carbocycles. The van der Waals surface area contributed by atoms with Crippen LogP contribution in [0.1, 0.15) is 31.2 Å². The Morgan fingerprint density at radius 2 is 1.76 bits per heavy atom. The normalized spacial score (nSPS) is 18.4. The van der Waals surface area contributed by atoms with Crippen molar-refractivity contribution < 1.29 is 27.6 Å². The van der Waals surface area contributed by atoms with Crippen LogP contribution < -0.4 is 5.32 Å². The molecule has 0 spiro atoms. The second-order valence-corrected chi connectivity index (χ2v) is 8.49. The number of hydrogen-bond donors (Lipinski definition) is 1. The summed E-state index contributed by atoms with van der Waals surface area (Å²) in [6.07, 6.45) is -1.58. The number of carbonyl (C=O) groups is 3. The highest BCUT2D eigenvalue weighted by Crippen LogP contribution is 2.38. The summed E-state index contributed by atoms with van der Waals surface area (Å²) in [5, 5.41) is 10.5. The fraction of sp³-hybridized carbons (Fsp3) is 0.348. The first-order valence-corrected chi connectivity index (χ1v) is 10.9. The molecule has 3 amide bonds. The molecule has 2 aromatic rings. The van der Waals surface area contributed by atoms with Crippen molar-refractivity contribution in [2.75, 3.05) is 18.4 Å². The predicted molar refractivity (Wildman–Crippen MR) is 114 cm³/mol. The fourth-order valence-electron chi connectivity index (χ4n) is 4.25. The van der Waals surface area contributed by atoms with Crippen LogP contribution in [0, 0.1) is 0 Å². The molecule has 8 nitrogen and oxygen atoms in total. The lowest BCUT2D eigenvalue weighted by Crippen LogP contribution is -2.40. The summed E-state index contributed by atoms with van der Waals surface area (Å²) >= 11 is 0. The molecule has 3 aliphatic rings. The van der Waals surface area contributed by atoms with E-state index in [9.17, 15) is 27.6 Å². The van der Waals surface area contributed by atoms with E-state index >= 15 is 0 Å². The van der Waals surface area contributed by atoms with E-state index in [1.54, 1.807) is 11.0 Å². The van der Waals surface area contributed by atoms with Gasteiger partial charge in [0.1, 0.15) is 5.70 Å². The monoisotopic (exact) mass is 471 g/mol. The number of nitrogens with zero attached hydrogens (tertiary/aromatic N) is 4. The molecule has 0 saturated heterocycles. The third-order valence-corrected chi connectivity index (χ3v) is 6.04. The van der Waals surface area contributed by atoms with Gasteiger partial charge < -0.3 is 10.2 Å².